The number of fused-ring (bicyclic) bond motifs is 1. The van der Waals surface area contributed by atoms with E-state index < -0.39 is 6.04 Å². The van der Waals surface area contributed by atoms with Crippen molar-refractivity contribution in [1.29, 1.82) is 0 Å². The molecule has 0 saturated carbocycles. The Kier molecular flexibility index (Phi) is 5.99. The zero-order chi connectivity index (χ0) is 13.8. The number of carbonyl (C=O) groups excluding carboxylic acids is 1. The van der Waals surface area contributed by atoms with E-state index in [1.54, 1.807) is 0 Å². The molecule has 2 aromatic rings. The predicted molar refractivity (Wildman–Crippen MR) is 84.0 cm³/mol. The van der Waals surface area contributed by atoms with E-state index in [0.29, 0.717) is 0 Å². The van der Waals surface area contributed by atoms with Crippen LogP contribution in [0.25, 0.3) is 10.8 Å². The fraction of sp³-hybridized carbons (Fsp3) is 0.312. The van der Waals surface area contributed by atoms with Crippen LogP contribution in [0, 0.1) is 0 Å². The van der Waals surface area contributed by atoms with Gasteiger partial charge in [0, 0.05) is 0 Å². The van der Waals surface area contributed by atoms with E-state index in [1.807, 2.05) is 56.3 Å². The van der Waals surface area contributed by atoms with Crippen molar-refractivity contribution in [3.05, 3.63) is 48.0 Å². The van der Waals surface area contributed by atoms with E-state index in [9.17, 15) is 4.79 Å². The molecule has 3 nitrogen and oxygen atoms in total. The fourth-order valence-corrected chi connectivity index (χ4v) is 2.00. The second kappa shape index (κ2) is 7.27. The Balaban J connectivity index is 0.00000200. The second-order valence-electron chi connectivity index (χ2n) is 4.70. The third-order valence-corrected chi connectivity index (χ3v) is 3.30. The molecule has 2 unspecified atom stereocenters. The van der Waals surface area contributed by atoms with Crippen LogP contribution < -0.4 is 5.73 Å². The summed E-state index contributed by atoms with van der Waals surface area (Å²) in [4.78, 5) is 12.0. The molecule has 0 bridgehead atoms. The summed E-state index contributed by atoms with van der Waals surface area (Å²) in [5.41, 5.74) is 6.84. The number of hydrogen-bond donors (Lipinski definition) is 1. The first-order valence-electron chi connectivity index (χ1n) is 6.57. The van der Waals surface area contributed by atoms with Gasteiger partial charge in [-0.25, -0.2) is 4.79 Å². The number of rotatable bonds is 4. The quantitative estimate of drug-likeness (QED) is 0.876. The van der Waals surface area contributed by atoms with E-state index in [1.165, 1.54) is 0 Å². The van der Waals surface area contributed by atoms with Crippen molar-refractivity contribution < 1.29 is 9.53 Å². The monoisotopic (exact) mass is 293 g/mol. The minimum Gasteiger partial charge on any atom is -0.461 e. The Labute approximate surface area is 125 Å². The number of benzene rings is 2. The molecule has 0 saturated heterocycles. The fourth-order valence-electron chi connectivity index (χ4n) is 2.00. The van der Waals surface area contributed by atoms with Crippen molar-refractivity contribution in [1.82, 2.24) is 0 Å². The van der Waals surface area contributed by atoms with Crippen molar-refractivity contribution in [2.75, 3.05) is 0 Å². The molecule has 2 rings (SSSR count). The molecule has 2 N–H and O–H groups in total. The summed E-state index contributed by atoms with van der Waals surface area (Å²) in [6, 6.07) is 12.9. The van der Waals surface area contributed by atoms with Crippen LogP contribution in [0.1, 0.15) is 31.9 Å². The molecule has 0 aromatic heterocycles. The molecule has 0 aliphatic carbocycles. The van der Waals surface area contributed by atoms with Gasteiger partial charge in [0.2, 0.25) is 0 Å². The van der Waals surface area contributed by atoms with Crippen molar-refractivity contribution >= 4 is 29.1 Å². The number of nitrogens with two attached hydrogens (primary N) is 1. The van der Waals surface area contributed by atoms with Gasteiger partial charge >= 0.3 is 5.97 Å². The van der Waals surface area contributed by atoms with Crippen LogP contribution in [0.2, 0.25) is 0 Å². The summed E-state index contributed by atoms with van der Waals surface area (Å²) in [6.45, 7) is 3.84. The summed E-state index contributed by atoms with van der Waals surface area (Å²) in [5.74, 6) is -0.370. The van der Waals surface area contributed by atoms with E-state index >= 15 is 0 Å². The SMILES string of the molecule is CCC(C)OC(=O)C(N)c1cccc2ccccc12.Cl. The Morgan fingerprint density at radius 3 is 2.55 bits per heavy atom. The maximum atomic E-state index is 12.0. The molecule has 108 valence electrons. The molecule has 20 heavy (non-hydrogen) atoms. The van der Waals surface area contributed by atoms with E-state index in [2.05, 4.69) is 0 Å². The molecular formula is C16H20ClNO2. The summed E-state index contributed by atoms with van der Waals surface area (Å²) in [7, 11) is 0. The number of esters is 1. The summed E-state index contributed by atoms with van der Waals surface area (Å²) in [6.07, 6.45) is 0.682. The first-order chi connectivity index (χ1) is 9.13. The molecule has 2 atom stereocenters. The van der Waals surface area contributed by atoms with Gasteiger partial charge in [0.15, 0.2) is 0 Å². The predicted octanol–water partition coefficient (Wildman–Crippen LogP) is 3.60. The molecule has 0 spiro atoms. The largest absolute Gasteiger partial charge is 0.461 e. The van der Waals surface area contributed by atoms with Crippen molar-refractivity contribution in [3.8, 4) is 0 Å². The second-order valence-corrected chi connectivity index (χ2v) is 4.70. The normalized spacial score (nSPS) is 13.3. The molecule has 4 heteroatoms. The number of halogens is 1. The Bertz CT molecular complexity index is 580. The highest BCUT2D eigenvalue weighted by molar-refractivity contribution is 5.90. The molecule has 0 fully saturated rings. The third-order valence-electron chi connectivity index (χ3n) is 3.30. The highest BCUT2D eigenvalue weighted by atomic mass is 35.5. The topological polar surface area (TPSA) is 52.3 Å². The van der Waals surface area contributed by atoms with Crippen LogP contribution in [0.3, 0.4) is 0 Å². The van der Waals surface area contributed by atoms with E-state index in [-0.39, 0.29) is 24.5 Å². The maximum absolute atomic E-state index is 12.0. The van der Waals surface area contributed by atoms with Crippen LogP contribution in [-0.2, 0) is 9.53 Å². The van der Waals surface area contributed by atoms with Gasteiger partial charge in [-0.15, -0.1) is 12.4 Å². The minimum absolute atomic E-state index is 0. The first-order valence-corrected chi connectivity index (χ1v) is 6.57. The van der Waals surface area contributed by atoms with Gasteiger partial charge in [-0.05, 0) is 29.7 Å². The summed E-state index contributed by atoms with van der Waals surface area (Å²) < 4.78 is 5.30. The van der Waals surface area contributed by atoms with Crippen LogP contribution in [-0.4, -0.2) is 12.1 Å². The zero-order valence-electron chi connectivity index (χ0n) is 11.7. The standard InChI is InChI=1S/C16H19NO2.ClH/c1-3-11(2)19-16(18)15(17)14-10-6-8-12-7-4-5-9-13(12)14;/h4-11,15H,3,17H2,1-2H3;1H. The molecule has 0 radical (unpaired) electrons. The van der Waals surface area contributed by atoms with Crippen molar-refractivity contribution in [2.45, 2.75) is 32.4 Å². The molecule has 0 heterocycles. The molecule has 0 aliphatic heterocycles. The van der Waals surface area contributed by atoms with Crippen molar-refractivity contribution in [2.24, 2.45) is 5.73 Å². The number of hydrogen-bond acceptors (Lipinski definition) is 3. The molecule has 0 amide bonds. The lowest BCUT2D eigenvalue weighted by atomic mass is 9.99. The summed E-state index contributed by atoms with van der Waals surface area (Å²) >= 11 is 0. The van der Waals surface area contributed by atoms with Gasteiger partial charge in [-0.1, -0.05) is 49.4 Å². The first kappa shape index (κ1) is 16.5. The van der Waals surface area contributed by atoms with Crippen LogP contribution in [0.5, 0.6) is 0 Å². The van der Waals surface area contributed by atoms with Gasteiger partial charge in [0.05, 0.1) is 6.10 Å². The Morgan fingerprint density at radius 2 is 1.85 bits per heavy atom. The van der Waals surface area contributed by atoms with Crippen LogP contribution in [0.4, 0.5) is 0 Å². The smallest absolute Gasteiger partial charge is 0.327 e. The lowest BCUT2D eigenvalue weighted by Crippen LogP contribution is -2.27. The van der Waals surface area contributed by atoms with Gasteiger partial charge in [0.25, 0.3) is 0 Å². The van der Waals surface area contributed by atoms with Gasteiger partial charge < -0.3 is 10.5 Å². The Hall–Kier alpha value is -1.58. The molecule has 2 aromatic carbocycles. The van der Waals surface area contributed by atoms with Gasteiger partial charge in [-0.2, -0.15) is 0 Å². The zero-order valence-corrected chi connectivity index (χ0v) is 12.5. The average Bonchev–Trinajstić information content (AvgIpc) is 2.45. The van der Waals surface area contributed by atoms with Gasteiger partial charge in [0.1, 0.15) is 6.04 Å². The lowest BCUT2D eigenvalue weighted by Gasteiger charge is -2.17. The minimum atomic E-state index is -0.736. The maximum Gasteiger partial charge on any atom is 0.327 e. The highest BCUT2D eigenvalue weighted by Gasteiger charge is 2.20. The lowest BCUT2D eigenvalue weighted by molar-refractivity contribution is -0.150. The Morgan fingerprint density at radius 1 is 1.20 bits per heavy atom. The van der Waals surface area contributed by atoms with Crippen molar-refractivity contribution in [3.63, 3.8) is 0 Å². The molecular weight excluding hydrogens is 274 g/mol. The average molecular weight is 294 g/mol. The number of ether oxygens (including phenoxy) is 1. The number of carbonyl (C=O) groups is 1. The van der Waals surface area contributed by atoms with Crippen LogP contribution >= 0.6 is 12.4 Å². The van der Waals surface area contributed by atoms with E-state index in [4.69, 9.17) is 10.5 Å². The van der Waals surface area contributed by atoms with Gasteiger partial charge in [-0.3, -0.25) is 0 Å². The van der Waals surface area contributed by atoms with Crippen LogP contribution in [0.15, 0.2) is 42.5 Å². The molecule has 0 aliphatic rings. The highest BCUT2D eigenvalue weighted by Crippen LogP contribution is 2.24. The van der Waals surface area contributed by atoms with E-state index in [0.717, 1.165) is 22.8 Å². The summed E-state index contributed by atoms with van der Waals surface area (Å²) in [5, 5.41) is 2.07. The third kappa shape index (κ3) is 3.50.